The maximum Gasteiger partial charge on any atom is 0.537 e. The molecule has 2 aromatic carbocycles. The van der Waals surface area contributed by atoms with Crippen molar-refractivity contribution in [2.75, 3.05) is 19.8 Å². The van der Waals surface area contributed by atoms with Crippen molar-refractivity contribution in [3.05, 3.63) is 61.0 Å². The fourth-order valence-corrected chi connectivity index (χ4v) is 5.38. The summed E-state index contributed by atoms with van der Waals surface area (Å²) in [5, 5.41) is 1.01. The Bertz CT molecular complexity index is 571. The summed E-state index contributed by atoms with van der Waals surface area (Å²) in [7, 11) is -2.72. The van der Waals surface area contributed by atoms with Gasteiger partial charge in [-0.1, -0.05) is 44.0 Å². The zero-order chi connectivity index (χ0) is 18.7. The number of halogens is 3. The van der Waals surface area contributed by atoms with Gasteiger partial charge in [-0.05, 0) is 79.8 Å². The Balaban J connectivity index is 0.000000324. The standard InChI is InChI=1S/C12H19BrO3Si.C6H4BrI/c1-4-14-17(15-5-2,16-6-3)12-9-7-11(13)8-10-12;7-5-1-3-6(8)4-2-5/h7-10H,4-6H2,1-3H3;1-4H. The lowest BCUT2D eigenvalue weighted by Crippen LogP contribution is -2.56. The molecule has 0 unspecified atom stereocenters. The van der Waals surface area contributed by atoms with Gasteiger partial charge in [0, 0.05) is 37.5 Å². The van der Waals surface area contributed by atoms with E-state index in [1.54, 1.807) is 0 Å². The summed E-state index contributed by atoms with van der Waals surface area (Å²) >= 11 is 9.04. The molecule has 0 saturated heterocycles. The van der Waals surface area contributed by atoms with Crippen LogP contribution >= 0.6 is 54.5 Å². The molecular weight excluding hydrogens is 579 g/mol. The third-order valence-corrected chi connectivity index (χ3v) is 7.83. The predicted octanol–water partition coefficient (Wildman–Crippen LogP) is 5.76. The zero-order valence-electron chi connectivity index (χ0n) is 14.6. The summed E-state index contributed by atoms with van der Waals surface area (Å²) in [6.45, 7) is 7.63. The van der Waals surface area contributed by atoms with Crippen molar-refractivity contribution in [3.8, 4) is 0 Å². The molecule has 0 aliphatic heterocycles. The van der Waals surface area contributed by atoms with Gasteiger partial charge in [0.25, 0.3) is 0 Å². The molecule has 0 saturated carbocycles. The lowest BCUT2D eigenvalue weighted by molar-refractivity contribution is 0.0859. The predicted molar refractivity (Wildman–Crippen MR) is 121 cm³/mol. The molecule has 7 heteroatoms. The molecule has 25 heavy (non-hydrogen) atoms. The van der Waals surface area contributed by atoms with E-state index in [9.17, 15) is 0 Å². The average molecular weight is 602 g/mol. The maximum absolute atomic E-state index is 5.82. The van der Waals surface area contributed by atoms with Crippen molar-refractivity contribution in [1.29, 1.82) is 0 Å². The minimum Gasteiger partial charge on any atom is -0.370 e. The van der Waals surface area contributed by atoms with Crippen LogP contribution in [0.4, 0.5) is 0 Å². The highest BCUT2D eigenvalue weighted by Gasteiger charge is 2.42. The van der Waals surface area contributed by atoms with Gasteiger partial charge in [0.15, 0.2) is 0 Å². The lowest BCUT2D eigenvalue weighted by Gasteiger charge is -2.28. The molecule has 0 fully saturated rings. The molecule has 0 N–H and O–H groups in total. The lowest BCUT2D eigenvalue weighted by atomic mass is 10.4. The summed E-state index contributed by atoms with van der Waals surface area (Å²) in [6.07, 6.45) is 0. The van der Waals surface area contributed by atoms with E-state index in [4.69, 9.17) is 13.3 Å². The van der Waals surface area contributed by atoms with Crippen molar-refractivity contribution in [3.63, 3.8) is 0 Å². The van der Waals surface area contributed by atoms with Crippen molar-refractivity contribution in [1.82, 2.24) is 0 Å². The Labute approximate surface area is 182 Å². The Hall–Kier alpha value is 0.227. The zero-order valence-corrected chi connectivity index (χ0v) is 20.9. The molecule has 138 valence electrons. The van der Waals surface area contributed by atoms with Gasteiger partial charge in [0.1, 0.15) is 0 Å². The highest BCUT2D eigenvalue weighted by molar-refractivity contribution is 14.1. The van der Waals surface area contributed by atoms with Crippen LogP contribution in [-0.2, 0) is 13.3 Å². The maximum atomic E-state index is 5.82. The van der Waals surface area contributed by atoms with Crippen LogP contribution in [0.25, 0.3) is 0 Å². The van der Waals surface area contributed by atoms with Crippen LogP contribution in [0.1, 0.15) is 20.8 Å². The monoisotopic (exact) mass is 600 g/mol. The van der Waals surface area contributed by atoms with Gasteiger partial charge in [-0.3, -0.25) is 0 Å². The van der Waals surface area contributed by atoms with E-state index >= 15 is 0 Å². The highest BCUT2D eigenvalue weighted by Crippen LogP contribution is 2.14. The van der Waals surface area contributed by atoms with Gasteiger partial charge in [-0.25, -0.2) is 0 Å². The SMILES string of the molecule is Brc1ccc(I)cc1.CCO[Si](OCC)(OCC)c1ccc(Br)cc1. The van der Waals surface area contributed by atoms with Crippen LogP contribution in [-0.4, -0.2) is 28.6 Å². The van der Waals surface area contributed by atoms with Gasteiger partial charge in [-0.15, -0.1) is 0 Å². The second kappa shape index (κ2) is 12.6. The van der Waals surface area contributed by atoms with Gasteiger partial charge >= 0.3 is 8.80 Å². The second-order valence-electron chi connectivity index (χ2n) is 4.80. The fraction of sp³-hybridized carbons (Fsp3) is 0.333. The van der Waals surface area contributed by atoms with Gasteiger partial charge in [0.2, 0.25) is 0 Å². The van der Waals surface area contributed by atoms with E-state index < -0.39 is 8.80 Å². The average Bonchev–Trinajstić information content (AvgIpc) is 2.59. The summed E-state index contributed by atoms with van der Waals surface area (Å²) in [5.74, 6) is 0. The molecule has 3 nitrogen and oxygen atoms in total. The van der Waals surface area contributed by atoms with Crippen LogP contribution in [0.5, 0.6) is 0 Å². The number of benzene rings is 2. The van der Waals surface area contributed by atoms with Crippen molar-refractivity contribution in [2.24, 2.45) is 0 Å². The normalized spacial score (nSPS) is 11.0. The molecule has 0 aliphatic rings. The van der Waals surface area contributed by atoms with Crippen LogP contribution in [0.3, 0.4) is 0 Å². The molecule has 0 spiro atoms. The van der Waals surface area contributed by atoms with Crippen molar-refractivity contribution >= 4 is 68.4 Å². The third-order valence-electron chi connectivity index (χ3n) is 3.00. The smallest absolute Gasteiger partial charge is 0.370 e. The first-order valence-corrected chi connectivity index (χ1v) is 12.4. The molecule has 0 aliphatic carbocycles. The molecule has 0 radical (unpaired) electrons. The van der Waals surface area contributed by atoms with Gasteiger partial charge in [-0.2, -0.15) is 0 Å². The molecule has 0 bridgehead atoms. The third kappa shape index (κ3) is 8.19. The number of hydrogen-bond acceptors (Lipinski definition) is 3. The highest BCUT2D eigenvalue weighted by atomic mass is 127. The first-order chi connectivity index (χ1) is 12.0. The molecule has 0 aromatic heterocycles. The van der Waals surface area contributed by atoms with Crippen LogP contribution in [0, 0.1) is 3.57 Å². The van der Waals surface area contributed by atoms with E-state index in [0.29, 0.717) is 19.8 Å². The Kier molecular flexibility index (Phi) is 11.7. The molecular formula is C18H23Br2IO3Si. The van der Waals surface area contributed by atoms with Crippen molar-refractivity contribution in [2.45, 2.75) is 20.8 Å². The minimum atomic E-state index is -2.72. The minimum absolute atomic E-state index is 0.586. The van der Waals surface area contributed by atoms with Gasteiger partial charge in [0.05, 0.1) is 0 Å². The summed E-state index contributed by atoms with van der Waals surface area (Å²) in [4.78, 5) is 0. The molecule has 0 amide bonds. The summed E-state index contributed by atoms with van der Waals surface area (Å²) in [6, 6.07) is 16.1. The van der Waals surface area contributed by atoms with E-state index in [2.05, 4.69) is 66.6 Å². The van der Waals surface area contributed by atoms with E-state index in [-0.39, 0.29) is 0 Å². The summed E-state index contributed by atoms with van der Waals surface area (Å²) in [5.41, 5.74) is 0. The molecule has 0 heterocycles. The van der Waals surface area contributed by atoms with Crippen LogP contribution < -0.4 is 5.19 Å². The quantitative estimate of drug-likeness (QED) is 0.298. The molecule has 2 rings (SSSR count). The molecule has 2 aromatic rings. The van der Waals surface area contributed by atoms with Gasteiger partial charge < -0.3 is 13.3 Å². The second-order valence-corrected chi connectivity index (χ2v) is 10.4. The number of rotatable bonds is 7. The summed E-state index contributed by atoms with van der Waals surface area (Å²) < 4.78 is 20.9. The first kappa shape index (κ1) is 23.3. The fourth-order valence-electron chi connectivity index (χ4n) is 2.03. The van der Waals surface area contributed by atoms with E-state index in [1.807, 2.05) is 57.2 Å². The first-order valence-electron chi connectivity index (χ1n) is 8.06. The topological polar surface area (TPSA) is 27.7 Å². The van der Waals surface area contributed by atoms with E-state index in [0.717, 1.165) is 14.1 Å². The Morgan fingerprint density at radius 3 is 1.40 bits per heavy atom. The van der Waals surface area contributed by atoms with E-state index in [1.165, 1.54) is 3.57 Å². The van der Waals surface area contributed by atoms with Crippen molar-refractivity contribution < 1.29 is 13.3 Å². The van der Waals surface area contributed by atoms with Crippen LogP contribution in [0.2, 0.25) is 0 Å². The van der Waals surface area contributed by atoms with Crippen LogP contribution in [0.15, 0.2) is 57.5 Å². The number of hydrogen-bond donors (Lipinski definition) is 0. The molecule has 0 atom stereocenters. The Morgan fingerprint density at radius 1 is 0.720 bits per heavy atom. The largest absolute Gasteiger partial charge is 0.537 e. The Morgan fingerprint density at radius 2 is 1.08 bits per heavy atom.